The summed E-state index contributed by atoms with van der Waals surface area (Å²) in [7, 11) is 0. The molecular formula is C14H18N2O2. The van der Waals surface area contributed by atoms with Crippen molar-refractivity contribution in [3.8, 4) is 0 Å². The van der Waals surface area contributed by atoms with Crippen molar-refractivity contribution in [2.24, 2.45) is 5.73 Å². The zero-order valence-electron chi connectivity index (χ0n) is 10.3. The third-order valence-electron chi connectivity index (χ3n) is 3.19. The predicted octanol–water partition coefficient (Wildman–Crippen LogP) is 1.31. The molecule has 6 N–H and O–H groups in total. The molecule has 2 atom stereocenters. The van der Waals surface area contributed by atoms with Crippen LogP contribution in [0.2, 0.25) is 0 Å². The van der Waals surface area contributed by atoms with E-state index < -0.39 is 11.7 Å². The minimum absolute atomic E-state index is 0.388. The van der Waals surface area contributed by atoms with E-state index in [1.165, 1.54) is 0 Å². The van der Waals surface area contributed by atoms with E-state index in [0.717, 1.165) is 0 Å². The molecule has 18 heavy (non-hydrogen) atoms. The van der Waals surface area contributed by atoms with Crippen molar-refractivity contribution >= 4 is 5.69 Å². The minimum Gasteiger partial charge on any atom is -0.399 e. The van der Waals surface area contributed by atoms with Crippen LogP contribution in [0.3, 0.4) is 0 Å². The van der Waals surface area contributed by atoms with Crippen LogP contribution in [0.5, 0.6) is 0 Å². The van der Waals surface area contributed by atoms with Gasteiger partial charge in [-0.2, -0.15) is 0 Å². The Balaban J connectivity index is 2.48. The molecule has 1 aliphatic rings. The van der Waals surface area contributed by atoms with Crippen molar-refractivity contribution in [3.63, 3.8) is 0 Å². The van der Waals surface area contributed by atoms with Gasteiger partial charge in [-0.1, -0.05) is 12.1 Å². The fraction of sp³-hybridized carbons (Fsp3) is 0.286. The first-order chi connectivity index (χ1) is 8.42. The van der Waals surface area contributed by atoms with Crippen LogP contribution in [0.25, 0.3) is 0 Å². The second-order valence-electron chi connectivity index (χ2n) is 4.69. The van der Waals surface area contributed by atoms with Crippen molar-refractivity contribution in [3.05, 3.63) is 53.3 Å². The Bertz CT molecular complexity index is 521. The van der Waals surface area contributed by atoms with Crippen molar-refractivity contribution in [1.29, 1.82) is 0 Å². The molecule has 2 rings (SSSR count). The molecule has 0 aromatic heterocycles. The molecule has 0 radical (unpaired) electrons. The van der Waals surface area contributed by atoms with Gasteiger partial charge in [0.25, 0.3) is 0 Å². The Labute approximate surface area is 106 Å². The molecule has 4 nitrogen and oxygen atoms in total. The van der Waals surface area contributed by atoms with Crippen LogP contribution in [0.1, 0.15) is 30.6 Å². The fourth-order valence-corrected chi connectivity index (χ4v) is 2.16. The van der Waals surface area contributed by atoms with E-state index in [-0.39, 0.29) is 0 Å². The first-order valence-electron chi connectivity index (χ1n) is 5.87. The molecule has 0 spiro atoms. The van der Waals surface area contributed by atoms with Gasteiger partial charge in [0.2, 0.25) is 0 Å². The van der Waals surface area contributed by atoms with Crippen LogP contribution >= 0.6 is 0 Å². The number of anilines is 1. The van der Waals surface area contributed by atoms with E-state index >= 15 is 0 Å². The molecule has 0 saturated carbocycles. The maximum absolute atomic E-state index is 10.6. The van der Waals surface area contributed by atoms with Crippen LogP contribution in [0, 0.1) is 0 Å². The van der Waals surface area contributed by atoms with Crippen LogP contribution in [-0.2, 0) is 5.60 Å². The van der Waals surface area contributed by atoms with Crippen LogP contribution in [0.15, 0.2) is 42.1 Å². The lowest BCUT2D eigenvalue weighted by Crippen LogP contribution is -2.27. The average Bonchev–Trinajstić information content (AvgIpc) is 2.33. The van der Waals surface area contributed by atoms with E-state index in [4.69, 9.17) is 11.5 Å². The minimum atomic E-state index is -1.14. The highest BCUT2D eigenvalue weighted by Gasteiger charge is 2.30. The Morgan fingerprint density at radius 2 is 2.06 bits per heavy atom. The topological polar surface area (TPSA) is 92.5 Å². The summed E-state index contributed by atoms with van der Waals surface area (Å²) in [5, 5.41) is 20.4. The lowest BCUT2D eigenvalue weighted by Gasteiger charge is -2.29. The fourth-order valence-electron chi connectivity index (χ4n) is 2.16. The van der Waals surface area contributed by atoms with Gasteiger partial charge in [-0.05, 0) is 42.3 Å². The SMILES string of the molecule is CC(O)c1cc(N)ccc1C1(O)C=CC(N)=CC1. The maximum Gasteiger partial charge on any atom is 0.112 e. The summed E-state index contributed by atoms with van der Waals surface area (Å²) in [6, 6.07) is 5.15. The van der Waals surface area contributed by atoms with E-state index in [2.05, 4.69) is 0 Å². The monoisotopic (exact) mass is 246 g/mol. The molecule has 0 amide bonds. The largest absolute Gasteiger partial charge is 0.399 e. The van der Waals surface area contributed by atoms with E-state index in [1.807, 2.05) is 0 Å². The Kier molecular flexibility index (Phi) is 3.15. The maximum atomic E-state index is 10.6. The highest BCUT2D eigenvalue weighted by Crippen LogP contribution is 2.36. The van der Waals surface area contributed by atoms with E-state index in [1.54, 1.807) is 43.4 Å². The number of allylic oxidation sites excluding steroid dienone is 1. The summed E-state index contributed by atoms with van der Waals surface area (Å²) >= 11 is 0. The molecule has 96 valence electrons. The molecular weight excluding hydrogens is 228 g/mol. The van der Waals surface area contributed by atoms with Gasteiger partial charge < -0.3 is 21.7 Å². The summed E-state index contributed by atoms with van der Waals surface area (Å²) in [6.45, 7) is 1.65. The normalized spacial score (nSPS) is 24.7. The van der Waals surface area contributed by atoms with Gasteiger partial charge in [0.1, 0.15) is 5.60 Å². The van der Waals surface area contributed by atoms with E-state index in [9.17, 15) is 10.2 Å². The Morgan fingerprint density at radius 1 is 1.33 bits per heavy atom. The van der Waals surface area contributed by atoms with Crippen molar-refractivity contribution in [2.75, 3.05) is 5.73 Å². The number of nitrogens with two attached hydrogens (primary N) is 2. The van der Waals surface area contributed by atoms with Gasteiger partial charge in [-0.25, -0.2) is 0 Å². The molecule has 0 heterocycles. The lowest BCUT2D eigenvalue weighted by molar-refractivity contribution is 0.0859. The van der Waals surface area contributed by atoms with Crippen molar-refractivity contribution in [2.45, 2.75) is 25.0 Å². The molecule has 0 aliphatic heterocycles. The van der Waals surface area contributed by atoms with Gasteiger partial charge >= 0.3 is 0 Å². The summed E-state index contributed by atoms with van der Waals surface area (Å²) in [5.74, 6) is 0. The molecule has 0 saturated heterocycles. The first-order valence-corrected chi connectivity index (χ1v) is 5.87. The van der Waals surface area contributed by atoms with Crippen molar-refractivity contribution < 1.29 is 10.2 Å². The van der Waals surface area contributed by atoms with Crippen LogP contribution < -0.4 is 11.5 Å². The molecule has 2 unspecified atom stereocenters. The molecule has 1 aliphatic carbocycles. The lowest BCUT2D eigenvalue weighted by atomic mass is 9.83. The van der Waals surface area contributed by atoms with Crippen LogP contribution in [0.4, 0.5) is 5.69 Å². The smallest absolute Gasteiger partial charge is 0.112 e. The highest BCUT2D eigenvalue weighted by molar-refractivity contribution is 5.49. The third kappa shape index (κ3) is 2.25. The van der Waals surface area contributed by atoms with Crippen LogP contribution in [-0.4, -0.2) is 10.2 Å². The van der Waals surface area contributed by atoms with Gasteiger partial charge in [0.05, 0.1) is 6.10 Å². The van der Waals surface area contributed by atoms with E-state index in [0.29, 0.717) is 28.9 Å². The van der Waals surface area contributed by atoms with Gasteiger partial charge in [0, 0.05) is 17.8 Å². The highest BCUT2D eigenvalue weighted by atomic mass is 16.3. The van der Waals surface area contributed by atoms with Gasteiger partial charge in [-0.3, -0.25) is 0 Å². The zero-order valence-corrected chi connectivity index (χ0v) is 10.3. The zero-order chi connectivity index (χ0) is 13.3. The third-order valence-corrected chi connectivity index (χ3v) is 3.19. The molecule has 1 aromatic carbocycles. The second kappa shape index (κ2) is 4.48. The number of hydrogen-bond acceptors (Lipinski definition) is 4. The Hall–Kier alpha value is -1.78. The number of hydrogen-bond donors (Lipinski definition) is 4. The van der Waals surface area contributed by atoms with Gasteiger partial charge in [0.15, 0.2) is 0 Å². The second-order valence-corrected chi connectivity index (χ2v) is 4.69. The van der Waals surface area contributed by atoms with Crippen molar-refractivity contribution in [1.82, 2.24) is 0 Å². The summed E-state index contributed by atoms with van der Waals surface area (Å²) in [5.41, 5.74) is 12.7. The molecule has 1 aromatic rings. The molecule has 0 fully saturated rings. The number of nitrogen functional groups attached to an aromatic ring is 1. The number of rotatable bonds is 2. The number of aliphatic hydroxyl groups excluding tert-OH is 1. The first kappa shape index (κ1) is 12.7. The quantitative estimate of drug-likeness (QED) is 0.592. The Morgan fingerprint density at radius 3 is 2.61 bits per heavy atom. The molecule has 0 bridgehead atoms. The summed E-state index contributed by atoms with van der Waals surface area (Å²) in [6.07, 6.45) is 4.79. The molecule has 4 heteroatoms. The average molecular weight is 246 g/mol. The summed E-state index contributed by atoms with van der Waals surface area (Å²) in [4.78, 5) is 0. The standard InChI is InChI=1S/C14H18N2O2/c1-9(17)12-8-11(16)2-3-13(12)14(18)6-4-10(15)5-7-14/h2-6,8-9,17-18H,7,15-16H2,1H3. The van der Waals surface area contributed by atoms with Gasteiger partial charge in [-0.15, -0.1) is 0 Å². The number of benzene rings is 1. The summed E-state index contributed by atoms with van der Waals surface area (Å²) < 4.78 is 0. The number of aliphatic hydroxyl groups is 2. The predicted molar refractivity (Wildman–Crippen MR) is 71.4 cm³/mol.